The van der Waals surface area contributed by atoms with Crippen LogP contribution in [0.25, 0.3) is 0 Å². The van der Waals surface area contributed by atoms with E-state index in [9.17, 15) is 17.6 Å². The lowest BCUT2D eigenvalue weighted by molar-refractivity contribution is -0.125. The molecule has 1 amide bonds. The van der Waals surface area contributed by atoms with E-state index in [1.807, 2.05) is 0 Å². The van der Waals surface area contributed by atoms with Crippen LogP contribution >= 0.6 is 0 Å². The molecule has 1 aliphatic heterocycles. The molecule has 1 heterocycles. The summed E-state index contributed by atoms with van der Waals surface area (Å²) in [6.45, 7) is -0.151. The molecule has 98 valence electrons. The van der Waals surface area contributed by atoms with Crippen LogP contribution in [0.5, 0.6) is 5.75 Å². The number of halogens is 1. The molecule has 0 bridgehead atoms. The molecule has 0 saturated carbocycles. The highest BCUT2D eigenvalue weighted by molar-refractivity contribution is 7.90. The summed E-state index contributed by atoms with van der Waals surface area (Å²) in [4.78, 5) is 11.3. The van der Waals surface area contributed by atoms with Gasteiger partial charge in [0.1, 0.15) is 6.61 Å². The highest BCUT2D eigenvalue weighted by Crippen LogP contribution is 2.17. The van der Waals surface area contributed by atoms with Gasteiger partial charge in [0.15, 0.2) is 11.6 Å². The lowest BCUT2D eigenvalue weighted by Crippen LogP contribution is -2.33. The van der Waals surface area contributed by atoms with E-state index < -0.39 is 21.7 Å². The Labute approximate surface area is 104 Å². The average molecular weight is 273 g/mol. The van der Waals surface area contributed by atoms with Crippen molar-refractivity contribution < 1.29 is 22.3 Å². The molecular formula is C11H12FNO4S. The fourth-order valence-corrected chi connectivity index (χ4v) is 3.08. The topological polar surface area (TPSA) is 63.7 Å². The maximum absolute atomic E-state index is 13.2. The molecule has 7 heteroatoms. The Morgan fingerprint density at radius 1 is 1.33 bits per heavy atom. The van der Waals surface area contributed by atoms with E-state index in [2.05, 4.69) is 0 Å². The van der Waals surface area contributed by atoms with Crippen LogP contribution in [-0.2, 0) is 14.8 Å². The van der Waals surface area contributed by atoms with Gasteiger partial charge in [-0.15, -0.1) is 0 Å². The first-order valence-electron chi connectivity index (χ1n) is 5.41. The fraction of sp³-hybridized carbons (Fsp3) is 0.364. The van der Waals surface area contributed by atoms with Crippen LogP contribution in [0, 0.1) is 5.82 Å². The van der Waals surface area contributed by atoms with E-state index in [-0.39, 0.29) is 31.1 Å². The number of para-hydroxylation sites is 1. The zero-order valence-electron chi connectivity index (χ0n) is 9.50. The minimum absolute atomic E-state index is 0.00202. The number of carbonyl (C=O) groups is 1. The molecule has 5 nitrogen and oxygen atoms in total. The quantitative estimate of drug-likeness (QED) is 0.812. The third-order valence-corrected chi connectivity index (χ3v) is 4.35. The SMILES string of the molecule is O=C1CCS(=O)(=O)N1CCOc1ccccc1F. The zero-order chi connectivity index (χ0) is 13.2. The summed E-state index contributed by atoms with van der Waals surface area (Å²) in [7, 11) is -3.49. The molecule has 0 unspecified atom stereocenters. The summed E-state index contributed by atoms with van der Waals surface area (Å²) < 4.78 is 42.0. The second kappa shape index (κ2) is 4.93. The first-order chi connectivity index (χ1) is 8.50. The highest BCUT2D eigenvalue weighted by Gasteiger charge is 2.34. The number of sulfonamides is 1. The maximum atomic E-state index is 13.2. The summed E-state index contributed by atoms with van der Waals surface area (Å²) >= 11 is 0. The van der Waals surface area contributed by atoms with Crippen molar-refractivity contribution >= 4 is 15.9 Å². The van der Waals surface area contributed by atoms with Gasteiger partial charge < -0.3 is 4.74 Å². The van der Waals surface area contributed by atoms with Crippen molar-refractivity contribution in [2.45, 2.75) is 6.42 Å². The Kier molecular flexibility index (Phi) is 3.51. The molecule has 2 rings (SSSR count). The predicted molar refractivity (Wildman–Crippen MR) is 62.0 cm³/mol. The summed E-state index contributed by atoms with van der Waals surface area (Å²) in [6.07, 6.45) is 0.00202. The molecule has 0 radical (unpaired) electrons. The number of rotatable bonds is 4. The molecular weight excluding hydrogens is 261 g/mol. The van der Waals surface area contributed by atoms with Crippen molar-refractivity contribution in [3.8, 4) is 5.75 Å². The minimum atomic E-state index is -3.49. The Hall–Kier alpha value is -1.63. The number of nitrogens with zero attached hydrogens (tertiary/aromatic N) is 1. The van der Waals surface area contributed by atoms with E-state index in [0.29, 0.717) is 0 Å². The van der Waals surface area contributed by atoms with Gasteiger partial charge in [-0.25, -0.2) is 17.1 Å². The van der Waals surface area contributed by atoms with Gasteiger partial charge in [-0.3, -0.25) is 4.79 Å². The van der Waals surface area contributed by atoms with Gasteiger partial charge in [0.05, 0.1) is 12.3 Å². The predicted octanol–water partition coefficient (Wildman–Crippen LogP) is 0.767. The van der Waals surface area contributed by atoms with Crippen LogP contribution in [0.2, 0.25) is 0 Å². The number of ether oxygens (including phenoxy) is 1. The number of hydrogen-bond acceptors (Lipinski definition) is 4. The summed E-state index contributed by atoms with van der Waals surface area (Å²) in [5.74, 6) is -1.08. The summed E-state index contributed by atoms with van der Waals surface area (Å²) in [5, 5.41) is 0. The summed E-state index contributed by atoms with van der Waals surface area (Å²) in [6, 6.07) is 5.82. The number of hydrogen-bond donors (Lipinski definition) is 0. The van der Waals surface area contributed by atoms with E-state index in [4.69, 9.17) is 4.74 Å². The smallest absolute Gasteiger partial charge is 0.237 e. The molecule has 1 saturated heterocycles. The standard InChI is InChI=1S/C11H12FNO4S/c12-9-3-1-2-4-10(9)17-7-6-13-11(14)5-8-18(13,15)16/h1-4H,5-8H2. The van der Waals surface area contributed by atoms with Gasteiger partial charge in [-0.05, 0) is 12.1 Å². The molecule has 1 aromatic carbocycles. The van der Waals surface area contributed by atoms with Gasteiger partial charge >= 0.3 is 0 Å². The van der Waals surface area contributed by atoms with Gasteiger partial charge in [0.25, 0.3) is 0 Å². The van der Waals surface area contributed by atoms with Crippen molar-refractivity contribution in [3.63, 3.8) is 0 Å². The van der Waals surface area contributed by atoms with Crippen LogP contribution < -0.4 is 4.74 Å². The molecule has 1 aliphatic rings. The van der Waals surface area contributed by atoms with Gasteiger partial charge in [-0.2, -0.15) is 0 Å². The molecule has 0 aliphatic carbocycles. The minimum Gasteiger partial charge on any atom is -0.489 e. The molecule has 0 spiro atoms. The van der Waals surface area contributed by atoms with Crippen molar-refractivity contribution in [1.82, 2.24) is 4.31 Å². The van der Waals surface area contributed by atoms with Crippen molar-refractivity contribution in [2.75, 3.05) is 18.9 Å². The van der Waals surface area contributed by atoms with E-state index in [0.717, 1.165) is 4.31 Å². The Morgan fingerprint density at radius 3 is 2.67 bits per heavy atom. The van der Waals surface area contributed by atoms with Crippen LogP contribution in [0.15, 0.2) is 24.3 Å². The third-order valence-electron chi connectivity index (χ3n) is 2.58. The van der Waals surface area contributed by atoms with E-state index in [1.165, 1.54) is 18.2 Å². The second-order valence-electron chi connectivity index (χ2n) is 3.81. The van der Waals surface area contributed by atoms with Crippen molar-refractivity contribution in [3.05, 3.63) is 30.1 Å². The van der Waals surface area contributed by atoms with Gasteiger partial charge in [0.2, 0.25) is 15.9 Å². The van der Waals surface area contributed by atoms with Crippen molar-refractivity contribution in [2.24, 2.45) is 0 Å². The lowest BCUT2D eigenvalue weighted by atomic mass is 10.3. The normalized spacial score (nSPS) is 18.1. The Balaban J connectivity index is 1.93. The largest absolute Gasteiger partial charge is 0.489 e. The van der Waals surface area contributed by atoms with Crippen LogP contribution in [-0.4, -0.2) is 37.5 Å². The fourth-order valence-electron chi connectivity index (χ4n) is 1.67. The molecule has 0 atom stereocenters. The van der Waals surface area contributed by atoms with Crippen LogP contribution in [0.1, 0.15) is 6.42 Å². The van der Waals surface area contributed by atoms with Gasteiger partial charge in [-0.1, -0.05) is 12.1 Å². The first-order valence-corrected chi connectivity index (χ1v) is 7.02. The second-order valence-corrected chi connectivity index (χ2v) is 5.82. The highest BCUT2D eigenvalue weighted by atomic mass is 32.2. The van der Waals surface area contributed by atoms with E-state index in [1.54, 1.807) is 6.07 Å². The molecule has 18 heavy (non-hydrogen) atoms. The molecule has 0 aromatic heterocycles. The molecule has 1 fully saturated rings. The van der Waals surface area contributed by atoms with Crippen LogP contribution in [0.4, 0.5) is 4.39 Å². The Morgan fingerprint density at radius 2 is 2.06 bits per heavy atom. The van der Waals surface area contributed by atoms with Crippen LogP contribution in [0.3, 0.4) is 0 Å². The van der Waals surface area contributed by atoms with Crippen molar-refractivity contribution in [1.29, 1.82) is 0 Å². The maximum Gasteiger partial charge on any atom is 0.237 e. The number of carbonyl (C=O) groups excluding carboxylic acids is 1. The zero-order valence-corrected chi connectivity index (χ0v) is 10.3. The number of amides is 1. The first kappa shape index (κ1) is 12.8. The van der Waals surface area contributed by atoms with E-state index >= 15 is 0 Å². The lowest BCUT2D eigenvalue weighted by Gasteiger charge is -2.15. The molecule has 0 N–H and O–H groups in total. The third kappa shape index (κ3) is 2.61. The monoisotopic (exact) mass is 273 g/mol. The average Bonchev–Trinajstić information content (AvgIpc) is 2.58. The number of benzene rings is 1. The summed E-state index contributed by atoms with van der Waals surface area (Å²) in [5.41, 5.74) is 0. The molecule has 1 aromatic rings. The Bertz CT molecular complexity index is 558. The van der Waals surface area contributed by atoms with Gasteiger partial charge in [0, 0.05) is 6.42 Å².